The van der Waals surface area contributed by atoms with Crippen molar-refractivity contribution >= 4 is 0 Å². The zero-order chi connectivity index (χ0) is 18.7. The average molecular weight is 384 g/mol. The van der Waals surface area contributed by atoms with E-state index in [0.29, 0.717) is 30.5 Å². The van der Waals surface area contributed by atoms with Crippen molar-refractivity contribution in [1.29, 1.82) is 0 Å². The van der Waals surface area contributed by atoms with Crippen molar-refractivity contribution in [1.82, 2.24) is 0 Å². The third-order valence-electron chi connectivity index (χ3n) is 6.00. The standard InChI is InChI=1S/C21H20O7/c1-22-17-5-12(6-18-21(17)28-10-27-18)20-14-8-23-19(13(14)7-24-20)11-2-3-15-16(4-11)26-9-25-15/h2-6,13-14,19-20H,7-10H2,1H3/t13-,14-,19+,20+/m0/s1. The normalized spacial score (nSPS) is 29.2. The molecule has 146 valence electrons. The molecule has 4 aliphatic rings. The van der Waals surface area contributed by atoms with Crippen LogP contribution in [0, 0.1) is 11.8 Å². The minimum Gasteiger partial charge on any atom is -0.493 e. The van der Waals surface area contributed by atoms with Gasteiger partial charge in [0.2, 0.25) is 19.3 Å². The lowest BCUT2D eigenvalue weighted by Crippen LogP contribution is -2.14. The number of hydrogen-bond donors (Lipinski definition) is 0. The predicted molar refractivity (Wildman–Crippen MR) is 96.0 cm³/mol. The largest absolute Gasteiger partial charge is 0.493 e. The summed E-state index contributed by atoms with van der Waals surface area (Å²) >= 11 is 0. The van der Waals surface area contributed by atoms with Gasteiger partial charge in [-0.3, -0.25) is 0 Å². The summed E-state index contributed by atoms with van der Waals surface area (Å²) in [5.41, 5.74) is 2.13. The first-order valence-corrected chi connectivity index (χ1v) is 9.42. The molecule has 7 nitrogen and oxygen atoms in total. The number of hydrogen-bond acceptors (Lipinski definition) is 7. The smallest absolute Gasteiger partial charge is 0.231 e. The van der Waals surface area contributed by atoms with E-state index >= 15 is 0 Å². The van der Waals surface area contributed by atoms with Gasteiger partial charge in [-0.05, 0) is 35.4 Å². The second kappa shape index (κ2) is 6.18. The Hall–Kier alpha value is -2.64. The van der Waals surface area contributed by atoms with Crippen molar-refractivity contribution in [2.45, 2.75) is 12.2 Å². The minimum atomic E-state index is -0.0626. The Labute approximate surface area is 162 Å². The van der Waals surface area contributed by atoms with Gasteiger partial charge in [0.1, 0.15) is 0 Å². The van der Waals surface area contributed by atoms with Crippen LogP contribution in [-0.4, -0.2) is 33.9 Å². The molecule has 7 heteroatoms. The first kappa shape index (κ1) is 16.3. The first-order valence-electron chi connectivity index (χ1n) is 9.42. The van der Waals surface area contributed by atoms with Gasteiger partial charge in [-0.2, -0.15) is 0 Å². The molecule has 0 bridgehead atoms. The molecule has 4 aliphatic heterocycles. The third kappa shape index (κ3) is 2.36. The summed E-state index contributed by atoms with van der Waals surface area (Å²) in [6.45, 7) is 1.77. The molecule has 2 aromatic carbocycles. The fourth-order valence-corrected chi connectivity index (χ4v) is 4.64. The highest BCUT2D eigenvalue weighted by Gasteiger charge is 2.48. The van der Waals surface area contributed by atoms with Gasteiger partial charge in [-0.25, -0.2) is 0 Å². The van der Waals surface area contributed by atoms with E-state index in [1.165, 1.54) is 0 Å². The molecule has 0 aromatic heterocycles. The lowest BCUT2D eigenvalue weighted by Gasteiger charge is -2.18. The van der Waals surface area contributed by atoms with E-state index in [1.54, 1.807) is 7.11 Å². The van der Waals surface area contributed by atoms with Crippen molar-refractivity contribution in [2.75, 3.05) is 33.9 Å². The number of methoxy groups -OCH3 is 1. The third-order valence-corrected chi connectivity index (χ3v) is 6.00. The zero-order valence-electron chi connectivity index (χ0n) is 15.4. The fraction of sp³-hybridized carbons (Fsp3) is 0.429. The van der Waals surface area contributed by atoms with E-state index in [2.05, 4.69) is 6.07 Å². The molecule has 4 atom stereocenters. The topological polar surface area (TPSA) is 64.6 Å². The molecular formula is C21H20O7. The van der Waals surface area contributed by atoms with Crippen molar-refractivity contribution in [3.05, 3.63) is 41.5 Å². The Morgan fingerprint density at radius 2 is 1.43 bits per heavy atom. The fourth-order valence-electron chi connectivity index (χ4n) is 4.64. The zero-order valence-corrected chi connectivity index (χ0v) is 15.4. The van der Waals surface area contributed by atoms with Crippen molar-refractivity contribution in [3.8, 4) is 28.7 Å². The van der Waals surface area contributed by atoms with E-state index in [0.717, 1.165) is 22.6 Å². The second-order valence-corrected chi connectivity index (χ2v) is 7.41. The molecule has 2 aromatic rings. The van der Waals surface area contributed by atoms with E-state index in [9.17, 15) is 0 Å². The molecule has 0 radical (unpaired) electrons. The summed E-state index contributed by atoms with van der Waals surface area (Å²) in [4.78, 5) is 0. The summed E-state index contributed by atoms with van der Waals surface area (Å²) in [7, 11) is 1.63. The molecule has 2 fully saturated rings. The molecule has 0 saturated carbocycles. The van der Waals surface area contributed by atoms with Crippen LogP contribution in [0.4, 0.5) is 0 Å². The number of ether oxygens (including phenoxy) is 7. The Kier molecular flexibility index (Phi) is 3.61. The molecular weight excluding hydrogens is 364 g/mol. The molecule has 28 heavy (non-hydrogen) atoms. The Morgan fingerprint density at radius 3 is 2.25 bits per heavy atom. The maximum absolute atomic E-state index is 6.22. The van der Waals surface area contributed by atoms with E-state index < -0.39 is 0 Å². The van der Waals surface area contributed by atoms with Crippen LogP contribution in [0.2, 0.25) is 0 Å². The number of rotatable bonds is 3. The summed E-state index contributed by atoms with van der Waals surface area (Å²) in [5, 5.41) is 0. The molecule has 0 spiro atoms. The predicted octanol–water partition coefficient (Wildman–Crippen LogP) is 3.23. The van der Waals surface area contributed by atoms with Crippen LogP contribution >= 0.6 is 0 Å². The van der Waals surface area contributed by atoms with Gasteiger partial charge in [-0.15, -0.1) is 0 Å². The number of fused-ring (bicyclic) bond motifs is 3. The summed E-state index contributed by atoms with van der Waals surface area (Å²) in [6.07, 6.45) is -0.0761. The van der Waals surface area contributed by atoms with Gasteiger partial charge in [0.05, 0.1) is 32.5 Å². The second-order valence-electron chi connectivity index (χ2n) is 7.41. The van der Waals surface area contributed by atoms with Gasteiger partial charge < -0.3 is 33.2 Å². The quantitative estimate of drug-likeness (QED) is 0.805. The molecule has 6 rings (SSSR count). The maximum Gasteiger partial charge on any atom is 0.231 e. The van der Waals surface area contributed by atoms with Gasteiger partial charge >= 0.3 is 0 Å². The Balaban J connectivity index is 1.28. The molecule has 4 heterocycles. The molecule has 0 unspecified atom stereocenters. The van der Waals surface area contributed by atoms with Crippen LogP contribution in [0.5, 0.6) is 28.7 Å². The Bertz CT molecular complexity index is 927. The van der Waals surface area contributed by atoms with E-state index in [4.69, 9.17) is 33.2 Å². The van der Waals surface area contributed by atoms with Gasteiger partial charge in [0.25, 0.3) is 0 Å². The molecule has 2 saturated heterocycles. The lowest BCUT2D eigenvalue weighted by molar-refractivity contribution is 0.0191. The SMILES string of the molecule is COc1cc([C@H]2OC[C@H]3[C@@H]2CO[C@@H]3c2ccc3c(c2)OCO3)cc2c1OCO2. The minimum absolute atomic E-state index is 0.0135. The Morgan fingerprint density at radius 1 is 0.750 bits per heavy atom. The lowest BCUT2D eigenvalue weighted by atomic mass is 9.85. The van der Waals surface area contributed by atoms with E-state index in [-0.39, 0.29) is 37.6 Å². The van der Waals surface area contributed by atoms with Gasteiger partial charge in [0, 0.05) is 11.8 Å². The molecule has 0 N–H and O–H groups in total. The highest BCUT2D eigenvalue weighted by atomic mass is 16.7. The van der Waals surface area contributed by atoms with Crippen LogP contribution in [0.1, 0.15) is 23.3 Å². The summed E-state index contributed by atoms with van der Waals surface area (Å²) in [5.74, 6) is 4.13. The summed E-state index contributed by atoms with van der Waals surface area (Å²) in [6, 6.07) is 9.99. The van der Waals surface area contributed by atoms with Crippen LogP contribution in [0.25, 0.3) is 0 Å². The number of benzene rings is 2. The van der Waals surface area contributed by atoms with E-state index in [1.807, 2.05) is 24.3 Å². The molecule has 0 aliphatic carbocycles. The van der Waals surface area contributed by atoms with Gasteiger partial charge in [0.15, 0.2) is 23.0 Å². The first-order chi connectivity index (χ1) is 13.8. The highest BCUT2D eigenvalue weighted by Crippen LogP contribution is 2.53. The van der Waals surface area contributed by atoms with Crippen LogP contribution in [-0.2, 0) is 9.47 Å². The maximum atomic E-state index is 6.22. The van der Waals surface area contributed by atoms with Crippen molar-refractivity contribution < 1.29 is 33.2 Å². The monoisotopic (exact) mass is 384 g/mol. The summed E-state index contributed by atoms with van der Waals surface area (Å²) < 4.78 is 39.9. The average Bonchev–Trinajstić information content (AvgIpc) is 3.49. The van der Waals surface area contributed by atoms with Crippen LogP contribution in [0.15, 0.2) is 30.3 Å². The molecule has 0 amide bonds. The van der Waals surface area contributed by atoms with Crippen LogP contribution in [0.3, 0.4) is 0 Å². The highest BCUT2D eigenvalue weighted by molar-refractivity contribution is 5.55. The van der Waals surface area contributed by atoms with Crippen molar-refractivity contribution in [2.24, 2.45) is 11.8 Å². The van der Waals surface area contributed by atoms with Crippen molar-refractivity contribution in [3.63, 3.8) is 0 Å². The van der Waals surface area contributed by atoms with Crippen LogP contribution < -0.4 is 23.7 Å². The van der Waals surface area contributed by atoms with Gasteiger partial charge in [-0.1, -0.05) is 6.07 Å².